The highest BCUT2D eigenvalue weighted by Gasteiger charge is 2.38. The average Bonchev–Trinajstić information content (AvgIpc) is 2.36. The van der Waals surface area contributed by atoms with E-state index in [1.165, 1.54) is 0 Å². The van der Waals surface area contributed by atoms with Crippen molar-refractivity contribution in [3.8, 4) is 0 Å². The number of nitrogens with two attached hydrogens (primary N) is 1. The van der Waals surface area contributed by atoms with Crippen LogP contribution in [0.4, 0.5) is 0 Å². The molecule has 1 atom stereocenters. The van der Waals surface area contributed by atoms with Crippen LogP contribution in [0.2, 0.25) is 0 Å². The molecule has 17 heavy (non-hydrogen) atoms. The maximum absolute atomic E-state index is 12.3. The molecule has 1 amide bonds. The minimum atomic E-state index is -0.157. The van der Waals surface area contributed by atoms with Crippen molar-refractivity contribution in [1.29, 1.82) is 0 Å². The third kappa shape index (κ3) is 4.28. The van der Waals surface area contributed by atoms with E-state index in [4.69, 9.17) is 5.73 Å². The van der Waals surface area contributed by atoms with Crippen LogP contribution >= 0.6 is 0 Å². The second-order valence-corrected chi connectivity index (χ2v) is 5.06. The Morgan fingerprint density at radius 1 is 1.47 bits per heavy atom. The predicted octanol–water partition coefficient (Wildman–Crippen LogP) is 1.01. The fourth-order valence-electron chi connectivity index (χ4n) is 2.63. The number of piperidine rings is 1. The van der Waals surface area contributed by atoms with E-state index in [2.05, 4.69) is 17.6 Å². The molecule has 0 aliphatic carbocycles. The summed E-state index contributed by atoms with van der Waals surface area (Å²) in [6.45, 7) is 5.51. The topological polar surface area (TPSA) is 67.2 Å². The lowest BCUT2D eigenvalue weighted by atomic mass is 9.76. The molecule has 4 N–H and O–H groups in total. The number of hydrogen-bond acceptors (Lipinski definition) is 3. The van der Waals surface area contributed by atoms with Crippen LogP contribution in [0.3, 0.4) is 0 Å². The summed E-state index contributed by atoms with van der Waals surface area (Å²) in [5.74, 6) is 0.239. The quantitative estimate of drug-likeness (QED) is 0.583. The van der Waals surface area contributed by atoms with Gasteiger partial charge in [-0.2, -0.15) is 0 Å². The average molecular weight is 241 g/mol. The van der Waals surface area contributed by atoms with Crippen LogP contribution in [0.1, 0.15) is 45.4 Å². The van der Waals surface area contributed by atoms with Gasteiger partial charge in [-0.3, -0.25) is 4.79 Å². The predicted molar refractivity (Wildman–Crippen MR) is 70.7 cm³/mol. The number of carbonyl (C=O) groups excluding carboxylic acids is 1. The van der Waals surface area contributed by atoms with E-state index >= 15 is 0 Å². The zero-order valence-electron chi connectivity index (χ0n) is 11.1. The lowest BCUT2D eigenvalue weighted by Gasteiger charge is -2.36. The van der Waals surface area contributed by atoms with E-state index in [0.29, 0.717) is 6.54 Å². The molecular weight excluding hydrogens is 214 g/mol. The largest absolute Gasteiger partial charge is 0.356 e. The summed E-state index contributed by atoms with van der Waals surface area (Å²) in [6.07, 6.45) is 6.16. The fraction of sp³-hybridized carbons (Fsp3) is 0.923. The first kappa shape index (κ1) is 14.5. The first-order valence-electron chi connectivity index (χ1n) is 6.94. The van der Waals surface area contributed by atoms with Crippen molar-refractivity contribution in [2.45, 2.75) is 45.4 Å². The molecule has 0 bridgehead atoms. The van der Waals surface area contributed by atoms with E-state index < -0.39 is 0 Å². The summed E-state index contributed by atoms with van der Waals surface area (Å²) in [7, 11) is 0. The van der Waals surface area contributed by atoms with Crippen molar-refractivity contribution < 1.29 is 4.79 Å². The minimum Gasteiger partial charge on any atom is -0.356 e. The fourth-order valence-corrected chi connectivity index (χ4v) is 2.63. The SMILES string of the molecule is CCCC1(C(=O)NCCCCN)CCCNC1. The van der Waals surface area contributed by atoms with Crippen molar-refractivity contribution in [2.24, 2.45) is 11.1 Å². The molecule has 0 radical (unpaired) electrons. The number of nitrogens with one attached hydrogen (secondary N) is 2. The molecule has 0 aromatic carbocycles. The van der Waals surface area contributed by atoms with Gasteiger partial charge in [-0.1, -0.05) is 13.3 Å². The van der Waals surface area contributed by atoms with Crippen LogP contribution in [0.15, 0.2) is 0 Å². The molecule has 1 aliphatic heterocycles. The second-order valence-electron chi connectivity index (χ2n) is 5.06. The zero-order valence-corrected chi connectivity index (χ0v) is 11.1. The van der Waals surface area contributed by atoms with Gasteiger partial charge >= 0.3 is 0 Å². The van der Waals surface area contributed by atoms with Crippen molar-refractivity contribution >= 4 is 5.91 Å². The summed E-state index contributed by atoms with van der Waals surface area (Å²) < 4.78 is 0. The van der Waals surface area contributed by atoms with E-state index in [1.807, 2.05) is 0 Å². The van der Waals surface area contributed by atoms with Gasteiger partial charge in [-0.15, -0.1) is 0 Å². The van der Waals surface area contributed by atoms with E-state index in [0.717, 1.165) is 58.2 Å². The molecule has 1 aliphatic rings. The molecule has 1 unspecified atom stereocenters. The van der Waals surface area contributed by atoms with Crippen molar-refractivity contribution in [1.82, 2.24) is 10.6 Å². The summed E-state index contributed by atoms with van der Waals surface area (Å²) in [5.41, 5.74) is 5.28. The Bertz CT molecular complexity index is 219. The molecule has 0 aromatic heterocycles. The standard InChI is InChI=1S/C13H27N3O/c1-2-6-13(7-5-9-15-11-13)12(17)16-10-4-3-8-14/h15H,2-11,14H2,1H3,(H,16,17). The van der Waals surface area contributed by atoms with Crippen LogP contribution in [0, 0.1) is 5.41 Å². The molecular formula is C13H27N3O. The van der Waals surface area contributed by atoms with Crippen LogP contribution in [0.25, 0.3) is 0 Å². The maximum atomic E-state index is 12.3. The Labute approximate surface area is 105 Å². The number of rotatable bonds is 7. The molecule has 1 fully saturated rings. The number of hydrogen-bond donors (Lipinski definition) is 3. The van der Waals surface area contributed by atoms with Crippen LogP contribution in [-0.4, -0.2) is 32.1 Å². The van der Waals surface area contributed by atoms with Gasteiger partial charge < -0.3 is 16.4 Å². The highest BCUT2D eigenvalue weighted by atomic mass is 16.2. The molecule has 1 heterocycles. The molecule has 1 rings (SSSR count). The summed E-state index contributed by atoms with van der Waals surface area (Å²) in [6, 6.07) is 0. The van der Waals surface area contributed by atoms with Crippen molar-refractivity contribution in [2.75, 3.05) is 26.2 Å². The van der Waals surface area contributed by atoms with E-state index in [9.17, 15) is 4.79 Å². The Hall–Kier alpha value is -0.610. The summed E-state index contributed by atoms with van der Waals surface area (Å²) in [5, 5.41) is 6.44. The third-order valence-electron chi connectivity index (χ3n) is 3.60. The highest BCUT2D eigenvalue weighted by molar-refractivity contribution is 5.83. The van der Waals surface area contributed by atoms with Crippen molar-refractivity contribution in [3.63, 3.8) is 0 Å². The lowest BCUT2D eigenvalue weighted by Crippen LogP contribution is -2.50. The van der Waals surface area contributed by atoms with Crippen molar-refractivity contribution in [3.05, 3.63) is 0 Å². The van der Waals surface area contributed by atoms with Gasteiger partial charge in [0.05, 0.1) is 5.41 Å². The molecule has 0 aromatic rings. The van der Waals surface area contributed by atoms with Crippen LogP contribution < -0.4 is 16.4 Å². The Balaban J connectivity index is 2.42. The van der Waals surface area contributed by atoms with Gasteiger partial charge in [-0.25, -0.2) is 0 Å². The minimum absolute atomic E-state index is 0.157. The van der Waals surface area contributed by atoms with Gasteiger partial charge in [-0.05, 0) is 45.2 Å². The highest BCUT2D eigenvalue weighted by Crippen LogP contribution is 2.31. The smallest absolute Gasteiger partial charge is 0.227 e. The van der Waals surface area contributed by atoms with Gasteiger partial charge in [0.15, 0.2) is 0 Å². The molecule has 0 spiro atoms. The Morgan fingerprint density at radius 2 is 2.29 bits per heavy atom. The van der Waals surface area contributed by atoms with Crippen LogP contribution in [-0.2, 0) is 4.79 Å². The maximum Gasteiger partial charge on any atom is 0.227 e. The molecule has 4 heteroatoms. The molecule has 1 saturated heterocycles. The van der Waals surface area contributed by atoms with Gasteiger partial charge in [0.1, 0.15) is 0 Å². The molecule has 0 saturated carbocycles. The first-order chi connectivity index (χ1) is 8.25. The molecule has 4 nitrogen and oxygen atoms in total. The van der Waals surface area contributed by atoms with E-state index in [1.54, 1.807) is 0 Å². The van der Waals surface area contributed by atoms with Gasteiger partial charge in [0, 0.05) is 13.1 Å². The number of amides is 1. The molecule has 100 valence electrons. The van der Waals surface area contributed by atoms with Gasteiger partial charge in [0.25, 0.3) is 0 Å². The zero-order chi connectivity index (χ0) is 12.6. The third-order valence-corrected chi connectivity index (χ3v) is 3.60. The Kier molecular flexibility index (Phi) is 6.52. The summed E-state index contributed by atoms with van der Waals surface area (Å²) in [4.78, 5) is 12.3. The van der Waals surface area contributed by atoms with E-state index in [-0.39, 0.29) is 11.3 Å². The Morgan fingerprint density at radius 3 is 2.88 bits per heavy atom. The number of carbonyl (C=O) groups is 1. The monoisotopic (exact) mass is 241 g/mol. The van der Waals surface area contributed by atoms with Gasteiger partial charge in [0.2, 0.25) is 5.91 Å². The van der Waals surface area contributed by atoms with Crippen LogP contribution in [0.5, 0.6) is 0 Å². The first-order valence-corrected chi connectivity index (χ1v) is 6.94. The number of unbranched alkanes of at least 4 members (excludes halogenated alkanes) is 1. The second kappa shape index (κ2) is 7.67. The normalized spacial score (nSPS) is 24.6. The lowest BCUT2D eigenvalue weighted by molar-refractivity contribution is -0.132. The summed E-state index contributed by atoms with van der Waals surface area (Å²) >= 11 is 0.